The van der Waals surface area contributed by atoms with Crippen molar-refractivity contribution in [3.63, 3.8) is 0 Å². The molecule has 1 heteroatoms. The van der Waals surface area contributed by atoms with Gasteiger partial charge in [-0.05, 0) is 0 Å². The van der Waals surface area contributed by atoms with Crippen LogP contribution in [-0.2, 0) is 0 Å². The SMILES string of the molecule is CC=CCCCCC[PH](CCCCCC=CC)(CCCCCC=CC)CCCCCC=CC. The zero-order chi connectivity index (χ0) is 24.3. The van der Waals surface area contributed by atoms with Crippen LogP contribution in [0.2, 0.25) is 0 Å². The molecule has 0 aromatic rings. The summed E-state index contributed by atoms with van der Waals surface area (Å²) in [5, 5.41) is 0. The summed E-state index contributed by atoms with van der Waals surface area (Å²) in [6.45, 7) is 8.61. The van der Waals surface area contributed by atoms with E-state index in [-0.39, 0.29) is 0 Å². The van der Waals surface area contributed by atoms with E-state index in [4.69, 9.17) is 0 Å². The van der Waals surface area contributed by atoms with Gasteiger partial charge in [0.15, 0.2) is 0 Å². The van der Waals surface area contributed by atoms with E-state index in [2.05, 4.69) is 76.3 Å². The van der Waals surface area contributed by atoms with E-state index in [0.29, 0.717) is 0 Å². The van der Waals surface area contributed by atoms with Crippen molar-refractivity contribution in [1.82, 2.24) is 0 Å². The molecule has 0 heterocycles. The Labute approximate surface area is 210 Å². The molecule has 0 rings (SSSR count). The molecule has 0 fully saturated rings. The summed E-state index contributed by atoms with van der Waals surface area (Å²) in [6.07, 6.45) is 47.2. The summed E-state index contributed by atoms with van der Waals surface area (Å²) in [4.78, 5) is 0. The zero-order valence-electron chi connectivity index (χ0n) is 23.3. The summed E-state index contributed by atoms with van der Waals surface area (Å²) in [6, 6.07) is 0. The molecule has 0 aromatic carbocycles. The van der Waals surface area contributed by atoms with Crippen molar-refractivity contribution in [2.24, 2.45) is 0 Å². The number of hydrogen-bond donors (Lipinski definition) is 0. The third kappa shape index (κ3) is 21.6. The molecule has 0 atom stereocenters. The van der Waals surface area contributed by atoms with Gasteiger partial charge in [0.05, 0.1) is 0 Å². The Kier molecular flexibility index (Phi) is 25.5. The predicted molar refractivity (Wildman–Crippen MR) is 161 cm³/mol. The molecule has 0 aliphatic heterocycles. The zero-order valence-corrected chi connectivity index (χ0v) is 24.3. The topological polar surface area (TPSA) is 0 Å². The molecule has 0 aromatic heterocycles. The minimum atomic E-state index is -1.14. The van der Waals surface area contributed by atoms with Gasteiger partial charge in [0.1, 0.15) is 0 Å². The first-order valence-corrected chi connectivity index (χ1v) is 17.5. The summed E-state index contributed by atoms with van der Waals surface area (Å²) in [5.41, 5.74) is 0. The molecule has 0 amide bonds. The molecule has 0 saturated carbocycles. The fraction of sp³-hybridized carbons (Fsp3) is 0.750. The molecule has 0 nitrogen and oxygen atoms in total. The second-order valence-corrected chi connectivity index (χ2v) is 15.2. The van der Waals surface area contributed by atoms with Crippen LogP contribution in [0.4, 0.5) is 0 Å². The maximum absolute atomic E-state index is 2.35. The van der Waals surface area contributed by atoms with Gasteiger partial charge in [-0.15, -0.1) is 0 Å². The molecule has 0 bridgehead atoms. The van der Waals surface area contributed by atoms with E-state index >= 15 is 0 Å². The second-order valence-electron chi connectivity index (χ2n) is 10.2. The van der Waals surface area contributed by atoms with Crippen LogP contribution in [-0.4, -0.2) is 24.6 Å². The molecular weight excluding hydrogens is 415 g/mol. The van der Waals surface area contributed by atoms with E-state index in [9.17, 15) is 0 Å². The fourth-order valence-electron chi connectivity index (χ4n) is 5.17. The Hall–Kier alpha value is -0.610. The van der Waals surface area contributed by atoms with Crippen LogP contribution in [0.25, 0.3) is 0 Å². The van der Waals surface area contributed by atoms with Gasteiger partial charge in [0.2, 0.25) is 0 Å². The second kappa shape index (κ2) is 26.0. The molecule has 33 heavy (non-hydrogen) atoms. The fourth-order valence-corrected chi connectivity index (χ4v) is 10.7. The summed E-state index contributed by atoms with van der Waals surface area (Å²) < 4.78 is 0. The van der Waals surface area contributed by atoms with Crippen LogP contribution in [0, 0.1) is 0 Å². The van der Waals surface area contributed by atoms with Gasteiger partial charge < -0.3 is 0 Å². The van der Waals surface area contributed by atoms with Gasteiger partial charge in [0, 0.05) is 0 Å². The van der Waals surface area contributed by atoms with Gasteiger partial charge in [-0.25, -0.2) is 0 Å². The number of rotatable bonds is 24. The Morgan fingerprint density at radius 2 is 0.576 bits per heavy atom. The van der Waals surface area contributed by atoms with Crippen LogP contribution in [0.3, 0.4) is 0 Å². The van der Waals surface area contributed by atoms with Gasteiger partial charge in [-0.1, -0.05) is 0 Å². The normalized spacial score (nSPS) is 13.5. The summed E-state index contributed by atoms with van der Waals surface area (Å²) >= 11 is 0. The van der Waals surface area contributed by atoms with E-state index < -0.39 is 7.26 Å². The summed E-state index contributed by atoms with van der Waals surface area (Å²) in [7, 11) is -1.14. The first-order valence-electron chi connectivity index (χ1n) is 14.7. The first kappa shape index (κ1) is 32.4. The molecule has 0 aliphatic carbocycles. The quantitative estimate of drug-likeness (QED) is 0.0738. The van der Waals surface area contributed by atoms with Gasteiger partial charge >= 0.3 is 211 Å². The van der Waals surface area contributed by atoms with Crippen molar-refractivity contribution >= 4 is 7.26 Å². The number of hydrogen-bond acceptors (Lipinski definition) is 0. The monoisotopic (exact) mass is 476 g/mol. The van der Waals surface area contributed by atoms with Crippen LogP contribution in [0.1, 0.15) is 130 Å². The Morgan fingerprint density at radius 1 is 0.333 bits per heavy atom. The number of allylic oxidation sites excluding steroid dienone is 8. The van der Waals surface area contributed by atoms with E-state index in [1.807, 2.05) is 0 Å². The third-order valence-corrected chi connectivity index (χ3v) is 12.9. The van der Waals surface area contributed by atoms with Crippen molar-refractivity contribution in [2.45, 2.75) is 130 Å². The van der Waals surface area contributed by atoms with Crippen molar-refractivity contribution in [2.75, 3.05) is 24.6 Å². The molecule has 0 N–H and O–H groups in total. The molecule has 0 radical (unpaired) electrons. The minimum absolute atomic E-state index is 1.14. The van der Waals surface area contributed by atoms with Gasteiger partial charge in [0.25, 0.3) is 0 Å². The van der Waals surface area contributed by atoms with Crippen molar-refractivity contribution < 1.29 is 0 Å². The number of unbranched alkanes of at least 4 members (excludes halogenated alkanes) is 12. The van der Waals surface area contributed by atoms with Crippen molar-refractivity contribution in [3.8, 4) is 0 Å². The van der Waals surface area contributed by atoms with Crippen LogP contribution in [0.15, 0.2) is 48.6 Å². The van der Waals surface area contributed by atoms with Crippen LogP contribution < -0.4 is 0 Å². The van der Waals surface area contributed by atoms with Gasteiger partial charge in [-0.3, -0.25) is 0 Å². The van der Waals surface area contributed by atoms with Crippen LogP contribution in [0.5, 0.6) is 0 Å². The third-order valence-electron chi connectivity index (χ3n) is 7.25. The molecule has 0 spiro atoms. The Morgan fingerprint density at radius 3 is 0.788 bits per heavy atom. The van der Waals surface area contributed by atoms with E-state index in [1.54, 1.807) is 24.6 Å². The summed E-state index contributed by atoms with van der Waals surface area (Å²) in [5.74, 6) is 0. The van der Waals surface area contributed by atoms with Gasteiger partial charge in [-0.2, -0.15) is 0 Å². The molecule has 194 valence electrons. The molecule has 0 unspecified atom stereocenters. The van der Waals surface area contributed by atoms with Crippen molar-refractivity contribution in [1.29, 1.82) is 0 Å². The van der Waals surface area contributed by atoms with E-state index in [0.717, 1.165) is 0 Å². The first-order chi connectivity index (χ1) is 16.2. The Bertz CT molecular complexity index is 403. The maximum atomic E-state index is 2.35. The molecule has 0 saturated heterocycles. The standard InChI is InChI=1S/C32H61P/c1-5-9-13-17-21-25-29-33(30-26-22-18-14-10-6-2,31-27-23-19-15-11-7-3)32-28-24-20-16-12-8-4/h5-12,33H,13-32H2,1-4H3. The molecule has 0 aliphatic rings. The van der Waals surface area contributed by atoms with E-state index in [1.165, 1.54) is 103 Å². The Balaban J connectivity index is 4.87. The van der Waals surface area contributed by atoms with Crippen molar-refractivity contribution in [3.05, 3.63) is 48.6 Å². The van der Waals surface area contributed by atoms with Crippen LogP contribution >= 0.6 is 7.26 Å². The average Bonchev–Trinajstić information content (AvgIpc) is 2.83. The predicted octanol–water partition coefficient (Wildman–Crippen LogP) is 11.3. The average molecular weight is 477 g/mol. The molecular formula is C32H61P.